The smallest absolute Gasteiger partial charge is 0.322 e. The maximum absolute atomic E-state index is 13.6. The Morgan fingerprint density at radius 3 is 2.58 bits per heavy atom. The molecule has 0 radical (unpaired) electrons. The topological polar surface area (TPSA) is 83.5 Å². The van der Waals surface area contributed by atoms with Gasteiger partial charge in [-0.2, -0.15) is 4.72 Å². The minimum atomic E-state index is -4.18. The summed E-state index contributed by atoms with van der Waals surface area (Å²) in [6.07, 6.45) is 1.31. The Balaban J connectivity index is 2.29. The number of aliphatic carboxylic acids is 1. The molecule has 8 heteroatoms. The first kappa shape index (κ1) is 14.4. The van der Waals surface area contributed by atoms with Crippen molar-refractivity contribution in [2.45, 2.75) is 23.8 Å². The summed E-state index contributed by atoms with van der Waals surface area (Å²) in [7, 11) is -4.18. The fraction of sp³-hybridized carbons (Fsp3) is 0.364. The van der Waals surface area contributed by atoms with Crippen LogP contribution in [0.1, 0.15) is 12.8 Å². The van der Waals surface area contributed by atoms with Crippen molar-refractivity contribution in [2.75, 3.05) is 0 Å². The molecular weight excluding hydrogens is 341 g/mol. The summed E-state index contributed by atoms with van der Waals surface area (Å²) in [5, 5.41) is 8.98. The fourth-order valence-corrected chi connectivity index (χ4v) is 3.35. The van der Waals surface area contributed by atoms with Crippen LogP contribution >= 0.6 is 15.9 Å². The summed E-state index contributed by atoms with van der Waals surface area (Å²) in [5.41, 5.74) is 0. The minimum Gasteiger partial charge on any atom is -0.480 e. The molecule has 0 amide bonds. The number of hydrogen-bond acceptors (Lipinski definition) is 3. The zero-order valence-electron chi connectivity index (χ0n) is 9.64. The van der Waals surface area contributed by atoms with E-state index in [-0.39, 0.29) is 5.92 Å². The molecular formula is C11H11BrFNO4S. The zero-order valence-corrected chi connectivity index (χ0v) is 12.0. The second-order valence-electron chi connectivity index (χ2n) is 4.35. The molecule has 0 aromatic heterocycles. The standard InChI is InChI=1S/C11H11BrFNO4S/c12-7-3-4-9(8(13)5-7)19(17,18)14-10(11(15)16)6-1-2-6/h3-6,10,14H,1-2H2,(H,15,16). The maximum Gasteiger partial charge on any atom is 0.322 e. The van der Waals surface area contributed by atoms with Gasteiger partial charge in [0.15, 0.2) is 0 Å². The molecule has 2 N–H and O–H groups in total. The van der Waals surface area contributed by atoms with Crippen LogP contribution < -0.4 is 4.72 Å². The predicted molar refractivity (Wildman–Crippen MR) is 68.6 cm³/mol. The number of rotatable bonds is 5. The lowest BCUT2D eigenvalue weighted by Gasteiger charge is -2.14. The maximum atomic E-state index is 13.6. The summed E-state index contributed by atoms with van der Waals surface area (Å²) >= 11 is 3.02. The first-order valence-corrected chi connectivity index (χ1v) is 7.79. The van der Waals surface area contributed by atoms with Crippen molar-refractivity contribution in [1.29, 1.82) is 0 Å². The normalized spacial score (nSPS) is 17.2. The number of carbonyl (C=O) groups is 1. The van der Waals surface area contributed by atoms with Gasteiger partial charge in [0, 0.05) is 4.47 Å². The van der Waals surface area contributed by atoms with Gasteiger partial charge in [-0.25, -0.2) is 12.8 Å². The van der Waals surface area contributed by atoms with E-state index in [0.29, 0.717) is 17.3 Å². The summed E-state index contributed by atoms with van der Waals surface area (Å²) in [6, 6.07) is 2.28. The van der Waals surface area contributed by atoms with Crippen molar-refractivity contribution in [3.8, 4) is 0 Å². The number of carboxylic acids is 1. The molecule has 0 aliphatic heterocycles. The van der Waals surface area contributed by atoms with Crippen LogP contribution in [0.3, 0.4) is 0 Å². The molecule has 0 heterocycles. The van der Waals surface area contributed by atoms with Gasteiger partial charge >= 0.3 is 5.97 Å². The second-order valence-corrected chi connectivity index (χ2v) is 6.95. The third-order valence-electron chi connectivity index (χ3n) is 2.83. The Labute approximate surface area is 118 Å². The largest absolute Gasteiger partial charge is 0.480 e. The van der Waals surface area contributed by atoms with E-state index in [9.17, 15) is 17.6 Å². The summed E-state index contributed by atoms with van der Waals surface area (Å²) in [6.45, 7) is 0. The molecule has 1 atom stereocenters. The molecule has 2 rings (SSSR count). The summed E-state index contributed by atoms with van der Waals surface area (Å²) in [5.74, 6) is -2.39. The summed E-state index contributed by atoms with van der Waals surface area (Å²) in [4.78, 5) is 10.4. The van der Waals surface area contributed by atoms with E-state index < -0.39 is 32.7 Å². The predicted octanol–water partition coefficient (Wildman–Crippen LogP) is 1.73. The Kier molecular flexibility index (Phi) is 3.93. The molecule has 1 aromatic carbocycles. The van der Waals surface area contributed by atoms with E-state index >= 15 is 0 Å². The van der Waals surface area contributed by atoms with Gasteiger partial charge in [0.25, 0.3) is 0 Å². The van der Waals surface area contributed by atoms with Crippen molar-refractivity contribution in [2.24, 2.45) is 5.92 Å². The van der Waals surface area contributed by atoms with E-state index in [2.05, 4.69) is 15.9 Å². The number of nitrogens with one attached hydrogen (secondary N) is 1. The van der Waals surface area contributed by atoms with E-state index in [1.165, 1.54) is 6.07 Å². The number of carboxylic acid groups (broad SMARTS) is 1. The molecule has 104 valence electrons. The molecule has 1 fully saturated rings. The van der Waals surface area contributed by atoms with Gasteiger partial charge in [0.2, 0.25) is 10.0 Å². The molecule has 5 nitrogen and oxygen atoms in total. The Bertz CT molecular complexity index is 615. The monoisotopic (exact) mass is 351 g/mol. The first-order chi connectivity index (χ1) is 8.81. The van der Waals surface area contributed by atoms with Crippen LogP contribution in [0.25, 0.3) is 0 Å². The van der Waals surface area contributed by atoms with E-state index in [0.717, 1.165) is 12.1 Å². The number of sulfonamides is 1. The highest BCUT2D eigenvalue weighted by atomic mass is 79.9. The highest BCUT2D eigenvalue weighted by Crippen LogP contribution is 2.33. The highest BCUT2D eigenvalue weighted by molar-refractivity contribution is 9.10. The third kappa shape index (κ3) is 3.31. The molecule has 1 aliphatic rings. The van der Waals surface area contributed by atoms with Crippen molar-refractivity contribution in [3.63, 3.8) is 0 Å². The van der Waals surface area contributed by atoms with Gasteiger partial charge in [-0.05, 0) is 37.0 Å². The molecule has 19 heavy (non-hydrogen) atoms. The number of benzene rings is 1. The first-order valence-electron chi connectivity index (χ1n) is 5.51. The molecule has 0 bridgehead atoms. The van der Waals surface area contributed by atoms with Gasteiger partial charge in [0.1, 0.15) is 16.8 Å². The lowest BCUT2D eigenvalue weighted by Crippen LogP contribution is -2.42. The molecule has 1 unspecified atom stereocenters. The van der Waals surface area contributed by atoms with Gasteiger partial charge in [-0.3, -0.25) is 4.79 Å². The van der Waals surface area contributed by atoms with Crippen molar-refractivity contribution in [3.05, 3.63) is 28.5 Å². The van der Waals surface area contributed by atoms with Gasteiger partial charge in [-0.15, -0.1) is 0 Å². The molecule has 1 aromatic rings. The second kappa shape index (κ2) is 5.18. The van der Waals surface area contributed by atoms with Crippen molar-refractivity contribution < 1.29 is 22.7 Å². The lowest BCUT2D eigenvalue weighted by atomic mass is 10.2. The Morgan fingerprint density at radius 1 is 1.47 bits per heavy atom. The van der Waals surface area contributed by atoms with E-state index in [1.54, 1.807) is 0 Å². The van der Waals surface area contributed by atoms with Gasteiger partial charge in [0.05, 0.1) is 0 Å². The Morgan fingerprint density at radius 2 is 2.11 bits per heavy atom. The summed E-state index contributed by atoms with van der Waals surface area (Å²) < 4.78 is 40.0. The Hall–Kier alpha value is -0.990. The quantitative estimate of drug-likeness (QED) is 0.846. The lowest BCUT2D eigenvalue weighted by molar-refractivity contribution is -0.139. The van der Waals surface area contributed by atoms with Crippen LogP contribution in [0, 0.1) is 11.7 Å². The van der Waals surface area contributed by atoms with Crippen LogP contribution in [0.5, 0.6) is 0 Å². The average Bonchev–Trinajstić information content (AvgIpc) is 3.08. The van der Waals surface area contributed by atoms with Crippen LogP contribution in [0.4, 0.5) is 4.39 Å². The van der Waals surface area contributed by atoms with E-state index in [4.69, 9.17) is 5.11 Å². The SMILES string of the molecule is O=C(O)C(NS(=O)(=O)c1ccc(Br)cc1F)C1CC1. The van der Waals surface area contributed by atoms with Gasteiger partial charge < -0.3 is 5.11 Å². The molecule has 1 aliphatic carbocycles. The minimum absolute atomic E-state index is 0.217. The van der Waals surface area contributed by atoms with E-state index in [1.807, 2.05) is 4.72 Å². The van der Waals surface area contributed by atoms with Crippen molar-refractivity contribution in [1.82, 2.24) is 4.72 Å². The molecule has 0 saturated heterocycles. The number of hydrogen-bond donors (Lipinski definition) is 2. The average molecular weight is 352 g/mol. The third-order valence-corrected chi connectivity index (χ3v) is 4.79. The van der Waals surface area contributed by atoms with Crippen LogP contribution in [0.15, 0.2) is 27.6 Å². The van der Waals surface area contributed by atoms with Gasteiger partial charge in [-0.1, -0.05) is 15.9 Å². The molecule has 0 spiro atoms. The van der Waals surface area contributed by atoms with Crippen LogP contribution in [0.2, 0.25) is 0 Å². The van der Waals surface area contributed by atoms with Crippen LogP contribution in [-0.2, 0) is 14.8 Å². The zero-order chi connectivity index (χ0) is 14.2. The fourth-order valence-electron chi connectivity index (χ4n) is 1.70. The molecule has 1 saturated carbocycles. The number of halogens is 2. The van der Waals surface area contributed by atoms with Crippen LogP contribution in [-0.4, -0.2) is 25.5 Å². The van der Waals surface area contributed by atoms with Crippen molar-refractivity contribution >= 4 is 31.9 Å². The highest BCUT2D eigenvalue weighted by Gasteiger charge is 2.39.